The highest BCUT2D eigenvalue weighted by molar-refractivity contribution is 8.06. The van der Waals surface area contributed by atoms with Crippen LogP contribution in [0.1, 0.15) is 18.7 Å². The smallest absolute Gasteiger partial charge is 0.0753 e. The zero-order valence-electron chi connectivity index (χ0n) is 9.43. The Bertz CT molecular complexity index is 301. The van der Waals surface area contributed by atoms with Gasteiger partial charge in [-0.3, -0.25) is 9.97 Å². The lowest BCUT2D eigenvalue weighted by atomic mass is 10.2. The largest absolute Gasteiger partial charge is 0.308 e. The molecule has 0 amide bonds. The lowest BCUT2D eigenvalue weighted by Crippen LogP contribution is -2.31. The third-order valence-electron chi connectivity index (χ3n) is 2.56. The molecule has 1 fully saturated rings. The maximum atomic E-state index is 4.31. The van der Waals surface area contributed by atoms with Gasteiger partial charge in [0.15, 0.2) is 0 Å². The molecule has 0 radical (unpaired) electrons. The highest BCUT2D eigenvalue weighted by Gasteiger charge is 2.15. The number of nitrogens with zero attached hydrogens (tertiary/aromatic N) is 2. The molecule has 0 aromatic carbocycles. The van der Waals surface area contributed by atoms with Crippen molar-refractivity contribution in [1.82, 2.24) is 15.3 Å². The minimum Gasteiger partial charge on any atom is -0.308 e. The molecule has 2 atom stereocenters. The average Bonchev–Trinajstić information content (AvgIpc) is 2.38. The molecule has 16 heavy (non-hydrogen) atoms. The molecule has 2 rings (SSSR count). The van der Waals surface area contributed by atoms with E-state index >= 15 is 0 Å². The monoisotopic (exact) mass is 255 g/mol. The van der Waals surface area contributed by atoms with Gasteiger partial charge >= 0.3 is 0 Å². The molecule has 0 bridgehead atoms. The summed E-state index contributed by atoms with van der Waals surface area (Å²) in [4.78, 5) is 8.39. The number of hydrogen-bond donors (Lipinski definition) is 1. The summed E-state index contributed by atoms with van der Waals surface area (Å²) in [6.45, 7) is 3.21. The lowest BCUT2D eigenvalue weighted by Gasteiger charge is -2.23. The van der Waals surface area contributed by atoms with Crippen molar-refractivity contribution in [3.8, 4) is 0 Å². The Kier molecular flexibility index (Phi) is 4.93. The van der Waals surface area contributed by atoms with Crippen molar-refractivity contribution in [1.29, 1.82) is 0 Å². The van der Waals surface area contributed by atoms with E-state index in [9.17, 15) is 0 Å². The molecule has 0 spiro atoms. The summed E-state index contributed by atoms with van der Waals surface area (Å²) in [6, 6.07) is 0.293. The molecule has 0 aliphatic carbocycles. The fraction of sp³-hybridized carbons (Fsp3) is 0.636. The van der Waals surface area contributed by atoms with Crippen LogP contribution in [-0.2, 0) is 0 Å². The van der Waals surface area contributed by atoms with E-state index in [1.807, 2.05) is 6.20 Å². The molecule has 3 nitrogen and oxygen atoms in total. The third kappa shape index (κ3) is 3.64. The maximum Gasteiger partial charge on any atom is 0.0753 e. The Morgan fingerprint density at radius 2 is 2.44 bits per heavy atom. The number of rotatable bonds is 4. The highest BCUT2D eigenvalue weighted by atomic mass is 32.2. The van der Waals surface area contributed by atoms with E-state index in [1.165, 1.54) is 17.3 Å². The molecule has 2 heterocycles. The first-order valence-electron chi connectivity index (χ1n) is 5.55. The van der Waals surface area contributed by atoms with Crippen LogP contribution in [0.3, 0.4) is 0 Å². The fourth-order valence-electron chi connectivity index (χ4n) is 1.60. The molecule has 1 aliphatic heterocycles. The zero-order chi connectivity index (χ0) is 11.2. The Labute approximate surface area is 105 Å². The van der Waals surface area contributed by atoms with Gasteiger partial charge in [0.1, 0.15) is 0 Å². The van der Waals surface area contributed by atoms with Crippen molar-refractivity contribution in [2.45, 2.75) is 18.2 Å². The Hall–Kier alpha value is -0.260. The van der Waals surface area contributed by atoms with E-state index in [4.69, 9.17) is 0 Å². The van der Waals surface area contributed by atoms with Crippen LogP contribution in [-0.4, -0.2) is 39.0 Å². The Morgan fingerprint density at radius 3 is 3.12 bits per heavy atom. The second-order valence-corrected chi connectivity index (χ2v) is 6.39. The minimum atomic E-state index is 0.293. The van der Waals surface area contributed by atoms with Crippen LogP contribution in [0.25, 0.3) is 0 Å². The molecule has 5 heteroatoms. The first-order valence-corrected chi connectivity index (χ1v) is 7.75. The van der Waals surface area contributed by atoms with Gasteiger partial charge < -0.3 is 5.32 Å². The van der Waals surface area contributed by atoms with Gasteiger partial charge in [-0.1, -0.05) is 0 Å². The molecule has 88 valence electrons. The fourth-order valence-corrected chi connectivity index (χ4v) is 4.23. The van der Waals surface area contributed by atoms with Crippen molar-refractivity contribution in [2.75, 3.05) is 23.8 Å². The molecule has 1 aromatic rings. The van der Waals surface area contributed by atoms with E-state index in [2.05, 4.69) is 45.7 Å². The van der Waals surface area contributed by atoms with E-state index in [0.717, 1.165) is 17.5 Å². The number of thioether (sulfide) groups is 2. The molecule has 1 aliphatic rings. The summed E-state index contributed by atoms with van der Waals surface area (Å²) in [5.74, 6) is 3.86. The van der Waals surface area contributed by atoms with Crippen molar-refractivity contribution in [3.05, 3.63) is 24.3 Å². The second-order valence-electron chi connectivity index (χ2n) is 3.83. The molecule has 1 saturated heterocycles. The third-order valence-corrected chi connectivity index (χ3v) is 5.41. The molecule has 0 saturated carbocycles. The van der Waals surface area contributed by atoms with Gasteiger partial charge in [-0.05, 0) is 6.92 Å². The Morgan fingerprint density at radius 1 is 1.50 bits per heavy atom. The van der Waals surface area contributed by atoms with Crippen LogP contribution in [0.4, 0.5) is 0 Å². The van der Waals surface area contributed by atoms with Crippen LogP contribution in [0, 0.1) is 0 Å². The highest BCUT2D eigenvalue weighted by Crippen LogP contribution is 2.23. The standard InChI is InChI=1S/C11H17N3S2/c1-9(11-7-12-2-3-13-11)14-6-10-8-15-4-5-16-10/h2-3,7,9-10,14H,4-6,8H2,1H3. The Balaban J connectivity index is 1.77. The van der Waals surface area contributed by atoms with Gasteiger partial charge in [0.2, 0.25) is 0 Å². The summed E-state index contributed by atoms with van der Waals surface area (Å²) >= 11 is 4.14. The van der Waals surface area contributed by atoms with Gasteiger partial charge in [-0.15, -0.1) is 0 Å². The summed E-state index contributed by atoms with van der Waals surface area (Å²) < 4.78 is 0. The van der Waals surface area contributed by atoms with Crippen molar-refractivity contribution in [3.63, 3.8) is 0 Å². The van der Waals surface area contributed by atoms with Crippen LogP contribution < -0.4 is 5.32 Å². The molecular formula is C11H17N3S2. The second kappa shape index (κ2) is 6.47. The van der Waals surface area contributed by atoms with E-state index in [0.29, 0.717) is 6.04 Å². The van der Waals surface area contributed by atoms with E-state index < -0.39 is 0 Å². The minimum absolute atomic E-state index is 0.293. The van der Waals surface area contributed by atoms with Crippen LogP contribution in [0.2, 0.25) is 0 Å². The summed E-state index contributed by atoms with van der Waals surface area (Å²) in [5.41, 5.74) is 1.02. The summed E-state index contributed by atoms with van der Waals surface area (Å²) in [6.07, 6.45) is 5.29. The van der Waals surface area contributed by atoms with Crippen LogP contribution in [0.5, 0.6) is 0 Å². The van der Waals surface area contributed by atoms with Crippen molar-refractivity contribution in [2.24, 2.45) is 0 Å². The van der Waals surface area contributed by atoms with Gasteiger partial charge in [-0.25, -0.2) is 0 Å². The summed E-state index contributed by atoms with van der Waals surface area (Å²) in [5, 5.41) is 4.28. The SMILES string of the molecule is CC(NCC1CSCCS1)c1cnccn1. The lowest BCUT2D eigenvalue weighted by molar-refractivity contribution is 0.562. The number of nitrogens with one attached hydrogen (secondary N) is 1. The van der Waals surface area contributed by atoms with E-state index in [-0.39, 0.29) is 0 Å². The topological polar surface area (TPSA) is 37.8 Å². The van der Waals surface area contributed by atoms with Gasteiger partial charge in [0.25, 0.3) is 0 Å². The molecular weight excluding hydrogens is 238 g/mol. The quantitative estimate of drug-likeness (QED) is 0.890. The normalized spacial score (nSPS) is 22.9. The van der Waals surface area contributed by atoms with Gasteiger partial charge in [0, 0.05) is 53.7 Å². The summed E-state index contributed by atoms with van der Waals surface area (Å²) in [7, 11) is 0. The molecule has 2 unspecified atom stereocenters. The van der Waals surface area contributed by atoms with E-state index in [1.54, 1.807) is 12.4 Å². The number of hydrogen-bond acceptors (Lipinski definition) is 5. The van der Waals surface area contributed by atoms with Gasteiger partial charge in [-0.2, -0.15) is 23.5 Å². The van der Waals surface area contributed by atoms with Crippen molar-refractivity contribution < 1.29 is 0 Å². The zero-order valence-corrected chi connectivity index (χ0v) is 11.1. The first kappa shape index (κ1) is 12.2. The molecule has 1 aromatic heterocycles. The first-order chi connectivity index (χ1) is 7.86. The number of aromatic nitrogens is 2. The van der Waals surface area contributed by atoms with Crippen molar-refractivity contribution >= 4 is 23.5 Å². The van der Waals surface area contributed by atoms with Gasteiger partial charge in [0.05, 0.1) is 5.69 Å². The van der Waals surface area contributed by atoms with Crippen LogP contribution >= 0.6 is 23.5 Å². The average molecular weight is 255 g/mol. The van der Waals surface area contributed by atoms with Crippen LogP contribution in [0.15, 0.2) is 18.6 Å². The molecule has 1 N–H and O–H groups in total. The predicted molar refractivity (Wildman–Crippen MR) is 72.0 cm³/mol. The predicted octanol–water partition coefficient (Wildman–Crippen LogP) is 1.98. The maximum absolute atomic E-state index is 4.31.